The van der Waals surface area contributed by atoms with Crippen LogP contribution in [0, 0.1) is 17.0 Å². The van der Waals surface area contributed by atoms with Gasteiger partial charge in [0.05, 0.1) is 10.5 Å². The van der Waals surface area contributed by atoms with Gasteiger partial charge in [-0.15, -0.1) is 0 Å². The van der Waals surface area contributed by atoms with Crippen molar-refractivity contribution in [2.24, 2.45) is 0 Å². The number of aromatic carboxylic acids is 1. The number of carboxylic acid groups (broad SMARTS) is 1. The number of nitro groups is 1. The summed E-state index contributed by atoms with van der Waals surface area (Å²) >= 11 is 0. The molecule has 0 aliphatic carbocycles. The number of anilines is 2. The van der Waals surface area contributed by atoms with Crippen LogP contribution in [0.2, 0.25) is 0 Å². The Labute approximate surface area is 121 Å². The van der Waals surface area contributed by atoms with Crippen molar-refractivity contribution in [1.29, 1.82) is 0 Å². The Bertz CT molecular complexity index is 695. The molecule has 0 aliphatic heterocycles. The van der Waals surface area contributed by atoms with Crippen molar-refractivity contribution in [3.05, 3.63) is 63.7 Å². The van der Waals surface area contributed by atoms with Gasteiger partial charge in [0.15, 0.2) is 0 Å². The fourth-order valence-corrected chi connectivity index (χ4v) is 2.03. The van der Waals surface area contributed by atoms with E-state index in [2.05, 4.69) is 0 Å². The number of nitro benzene ring substituents is 1. The predicted molar refractivity (Wildman–Crippen MR) is 79.3 cm³/mol. The highest BCUT2D eigenvalue weighted by Gasteiger charge is 2.13. The van der Waals surface area contributed by atoms with E-state index in [1.807, 2.05) is 11.9 Å². The maximum Gasteiger partial charge on any atom is 0.335 e. The minimum atomic E-state index is -0.976. The van der Waals surface area contributed by atoms with Gasteiger partial charge in [-0.3, -0.25) is 10.1 Å². The second kappa shape index (κ2) is 5.62. The molecule has 21 heavy (non-hydrogen) atoms. The lowest BCUT2D eigenvalue weighted by Crippen LogP contribution is -2.10. The van der Waals surface area contributed by atoms with Crippen LogP contribution in [-0.4, -0.2) is 23.0 Å². The second-order valence-corrected chi connectivity index (χ2v) is 4.64. The molecule has 0 radical (unpaired) electrons. The molecule has 0 aliphatic rings. The first-order chi connectivity index (χ1) is 9.90. The van der Waals surface area contributed by atoms with Crippen molar-refractivity contribution in [3.8, 4) is 0 Å². The average molecular weight is 286 g/mol. The molecular weight excluding hydrogens is 272 g/mol. The highest BCUT2D eigenvalue weighted by atomic mass is 16.6. The lowest BCUT2D eigenvalue weighted by Gasteiger charge is -2.20. The zero-order valence-electron chi connectivity index (χ0n) is 11.6. The molecule has 0 spiro atoms. The highest BCUT2D eigenvalue weighted by molar-refractivity contribution is 5.88. The van der Waals surface area contributed by atoms with E-state index in [0.717, 1.165) is 11.4 Å². The monoisotopic (exact) mass is 286 g/mol. The van der Waals surface area contributed by atoms with Crippen LogP contribution < -0.4 is 4.90 Å². The summed E-state index contributed by atoms with van der Waals surface area (Å²) in [4.78, 5) is 23.1. The Morgan fingerprint density at radius 3 is 2.19 bits per heavy atom. The first-order valence-corrected chi connectivity index (χ1v) is 6.22. The van der Waals surface area contributed by atoms with Crippen molar-refractivity contribution >= 4 is 23.0 Å². The third-order valence-corrected chi connectivity index (χ3v) is 3.27. The Kier molecular flexibility index (Phi) is 3.89. The molecule has 0 aromatic heterocycles. The number of carbonyl (C=O) groups is 1. The SMILES string of the molecule is Cc1cc(N(C)c2ccc(C(=O)O)cc2)ccc1[N+](=O)[O-]. The maximum absolute atomic E-state index is 10.8. The van der Waals surface area contributed by atoms with Crippen LogP contribution >= 0.6 is 0 Å². The average Bonchev–Trinajstić information content (AvgIpc) is 2.46. The minimum absolute atomic E-state index is 0.0772. The normalized spacial score (nSPS) is 10.2. The molecule has 0 saturated carbocycles. The summed E-state index contributed by atoms with van der Waals surface area (Å²) in [6.45, 7) is 1.68. The number of carboxylic acids is 1. The van der Waals surface area contributed by atoms with Gasteiger partial charge < -0.3 is 10.0 Å². The van der Waals surface area contributed by atoms with Gasteiger partial charge in [0.2, 0.25) is 0 Å². The molecule has 2 rings (SSSR count). The topological polar surface area (TPSA) is 83.7 Å². The minimum Gasteiger partial charge on any atom is -0.478 e. The molecule has 1 N–H and O–H groups in total. The van der Waals surface area contributed by atoms with Crippen molar-refractivity contribution in [2.45, 2.75) is 6.92 Å². The zero-order chi connectivity index (χ0) is 15.6. The lowest BCUT2D eigenvalue weighted by atomic mass is 10.1. The molecule has 0 atom stereocenters. The van der Waals surface area contributed by atoms with Crippen LogP contribution in [0.25, 0.3) is 0 Å². The van der Waals surface area contributed by atoms with E-state index in [1.165, 1.54) is 18.2 Å². The number of rotatable bonds is 4. The van der Waals surface area contributed by atoms with Gasteiger partial charge in [-0.1, -0.05) is 0 Å². The van der Waals surface area contributed by atoms with Crippen LogP contribution in [0.1, 0.15) is 15.9 Å². The van der Waals surface area contributed by atoms with Crippen molar-refractivity contribution in [3.63, 3.8) is 0 Å². The van der Waals surface area contributed by atoms with Crippen LogP contribution in [0.4, 0.5) is 17.1 Å². The first kappa shape index (κ1) is 14.5. The predicted octanol–water partition coefficient (Wildman–Crippen LogP) is 3.37. The Morgan fingerprint density at radius 2 is 1.71 bits per heavy atom. The molecule has 6 nitrogen and oxygen atoms in total. The Hall–Kier alpha value is -2.89. The Morgan fingerprint density at radius 1 is 1.14 bits per heavy atom. The second-order valence-electron chi connectivity index (χ2n) is 4.64. The maximum atomic E-state index is 10.8. The molecule has 0 heterocycles. The fourth-order valence-electron chi connectivity index (χ4n) is 2.03. The van der Waals surface area contributed by atoms with E-state index in [4.69, 9.17) is 5.11 Å². The summed E-state index contributed by atoms with van der Waals surface area (Å²) < 4.78 is 0. The van der Waals surface area contributed by atoms with Gasteiger partial charge in [0.1, 0.15) is 0 Å². The number of hydrogen-bond acceptors (Lipinski definition) is 4. The van der Waals surface area contributed by atoms with E-state index in [9.17, 15) is 14.9 Å². The first-order valence-electron chi connectivity index (χ1n) is 6.22. The van der Waals surface area contributed by atoms with Crippen molar-refractivity contribution in [2.75, 3.05) is 11.9 Å². The van der Waals surface area contributed by atoms with E-state index in [0.29, 0.717) is 5.56 Å². The molecule has 0 fully saturated rings. The number of benzene rings is 2. The molecule has 6 heteroatoms. The molecule has 0 unspecified atom stereocenters. The number of aryl methyl sites for hydroxylation is 1. The number of hydrogen-bond donors (Lipinski definition) is 1. The Balaban J connectivity index is 2.31. The van der Waals surface area contributed by atoms with Gasteiger partial charge in [-0.2, -0.15) is 0 Å². The molecule has 2 aromatic carbocycles. The summed E-state index contributed by atoms with van der Waals surface area (Å²) in [5.41, 5.74) is 2.46. The molecule has 108 valence electrons. The van der Waals surface area contributed by atoms with E-state index in [1.54, 1.807) is 31.2 Å². The van der Waals surface area contributed by atoms with Crippen LogP contribution in [0.15, 0.2) is 42.5 Å². The smallest absolute Gasteiger partial charge is 0.335 e. The third-order valence-electron chi connectivity index (χ3n) is 3.27. The van der Waals surface area contributed by atoms with Gasteiger partial charge in [0, 0.05) is 30.1 Å². The summed E-state index contributed by atoms with van der Waals surface area (Å²) in [5, 5.41) is 19.7. The van der Waals surface area contributed by atoms with E-state index < -0.39 is 10.9 Å². The quantitative estimate of drug-likeness (QED) is 0.688. The summed E-state index contributed by atoms with van der Waals surface area (Å²) in [7, 11) is 1.82. The van der Waals surface area contributed by atoms with Crippen molar-refractivity contribution in [1.82, 2.24) is 0 Å². The molecule has 0 bridgehead atoms. The van der Waals surface area contributed by atoms with Crippen LogP contribution in [-0.2, 0) is 0 Å². The summed E-state index contributed by atoms with van der Waals surface area (Å²) in [6.07, 6.45) is 0. The van der Waals surface area contributed by atoms with E-state index in [-0.39, 0.29) is 11.3 Å². The van der Waals surface area contributed by atoms with Gasteiger partial charge in [-0.05, 0) is 43.3 Å². The van der Waals surface area contributed by atoms with Crippen LogP contribution in [0.5, 0.6) is 0 Å². The number of nitrogens with zero attached hydrogens (tertiary/aromatic N) is 2. The van der Waals surface area contributed by atoms with Gasteiger partial charge in [0.25, 0.3) is 5.69 Å². The lowest BCUT2D eigenvalue weighted by molar-refractivity contribution is -0.385. The molecular formula is C15H14N2O4. The zero-order valence-corrected chi connectivity index (χ0v) is 11.6. The summed E-state index contributed by atoms with van der Waals surface area (Å²) in [5.74, 6) is -0.976. The van der Waals surface area contributed by atoms with Gasteiger partial charge in [-0.25, -0.2) is 4.79 Å². The molecule has 2 aromatic rings. The molecule has 0 saturated heterocycles. The summed E-state index contributed by atoms with van der Waals surface area (Å²) in [6, 6.07) is 11.3. The largest absolute Gasteiger partial charge is 0.478 e. The highest BCUT2D eigenvalue weighted by Crippen LogP contribution is 2.28. The van der Waals surface area contributed by atoms with Crippen LogP contribution in [0.3, 0.4) is 0 Å². The third kappa shape index (κ3) is 3.00. The fraction of sp³-hybridized carbons (Fsp3) is 0.133. The molecule has 0 amide bonds. The van der Waals surface area contributed by atoms with Crippen molar-refractivity contribution < 1.29 is 14.8 Å². The standard InChI is InChI=1S/C15H14N2O4/c1-10-9-13(7-8-14(10)17(20)21)16(2)12-5-3-11(4-6-12)15(18)19/h3-9H,1-2H3,(H,18,19). The van der Waals surface area contributed by atoms with Gasteiger partial charge >= 0.3 is 5.97 Å². The van der Waals surface area contributed by atoms with E-state index >= 15 is 0 Å².